The fourth-order valence-electron chi connectivity index (χ4n) is 16.1. The van der Waals surface area contributed by atoms with Gasteiger partial charge in [-0.25, -0.2) is 0 Å². The summed E-state index contributed by atoms with van der Waals surface area (Å²) in [7, 11) is 0. The molecule has 3 heteroatoms. The van der Waals surface area contributed by atoms with Crippen molar-refractivity contribution in [3.63, 3.8) is 0 Å². The van der Waals surface area contributed by atoms with Crippen LogP contribution >= 0.6 is 11.8 Å². The highest BCUT2D eigenvalue weighted by atomic mass is 32.2. The number of para-hydroxylation sites is 3. The van der Waals surface area contributed by atoms with Crippen LogP contribution in [0, 0.1) is 0 Å². The Labute approximate surface area is 493 Å². The molecule has 0 fully saturated rings. The number of rotatable bonds is 6. The minimum atomic E-state index is -0.672. The molecule has 3 aliphatic carbocycles. The third-order valence-electron chi connectivity index (χ3n) is 19.1. The maximum atomic E-state index is 6.88. The van der Waals surface area contributed by atoms with Crippen LogP contribution in [0.15, 0.2) is 319 Å². The smallest absolute Gasteiger partial charge is 0.132 e. The van der Waals surface area contributed by atoms with E-state index in [1.54, 1.807) is 0 Å². The second-order valence-electron chi connectivity index (χ2n) is 22.8. The molecule has 0 aromatic heterocycles. The molecule has 0 saturated heterocycles. The van der Waals surface area contributed by atoms with Crippen molar-refractivity contribution < 1.29 is 4.74 Å². The van der Waals surface area contributed by atoms with Crippen LogP contribution in [-0.2, 0) is 16.2 Å². The number of hydrogen-bond acceptors (Lipinski definition) is 3. The molecule has 13 aromatic rings. The van der Waals surface area contributed by atoms with Crippen molar-refractivity contribution in [1.82, 2.24) is 0 Å². The van der Waals surface area contributed by atoms with Gasteiger partial charge in [-0.3, -0.25) is 0 Å². The second kappa shape index (κ2) is 17.9. The average molecular weight is 1090 g/mol. The van der Waals surface area contributed by atoms with E-state index >= 15 is 0 Å². The first-order chi connectivity index (χ1) is 41.7. The first-order valence-electron chi connectivity index (χ1n) is 29.2. The number of nitrogens with zero attached hydrogens (tertiary/aromatic N) is 1. The quantitative estimate of drug-likeness (QED) is 0.165. The van der Waals surface area contributed by atoms with E-state index in [-0.39, 0.29) is 0 Å². The van der Waals surface area contributed by atoms with Gasteiger partial charge in [0.1, 0.15) is 11.5 Å². The molecule has 0 atom stereocenters. The van der Waals surface area contributed by atoms with Crippen molar-refractivity contribution in [2.24, 2.45) is 0 Å². The van der Waals surface area contributed by atoms with Gasteiger partial charge >= 0.3 is 0 Å². The maximum Gasteiger partial charge on any atom is 0.132 e. The van der Waals surface area contributed by atoms with E-state index < -0.39 is 16.2 Å². The Morgan fingerprint density at radius 1 is 0.250 bits per heavy atom. The lowest BCUT2D eigenvalue weighted by molar-refractivity contribution is 0.436. The minimum Gasteiger partial charge on any atom is -0.457 e. The van der Waals surface area contributed by atoms with E-state index in [0.29, 0.717) is 0 Å². The summed E-state index contributed by atoms with van der Waals surface area (Å²) in [5.41, 5.74) is 26.2. The van der Waals surface area contributed by atoms with E-state index in [0.717, 1.165) is 50.8 Å². The Balaban J connectivity index is 0.956. The van der Waals surface area contributed by atoms with Gasteiger partial charge in [0.15, 0.2) is 0 Å². The lowest BCUT2D eigenvalue weighted by atomic mass is 9.66. The standard InChI is InChI=1S/C81H51NOS/c1-3-25-53(26-4-1)79(54-27-5-2-6-28-54)60-33-11-7-30-56(60)57-50-49-52(51-69(57)79)55-29-10-18-42-70(55)82(71-43-23-40-67-77(71)58-31-8-12-34-61(58)80(67)63-36-14-19-45-73(63)83-74-46-20-15-37-64(74)80)72-44-24-41-68-78(72)59-32-9-13-35-62(59)81(68)65-38-16-21-47-75(65)84-76-48-22-17-39-66(76)81/h1-51H. The summed E-state index contributed by atoms with van der Waals surface area (Å²) in [6.45, 7) is 0. The number of ether oxygens (including phenoxy) is 1. The van der Waals surface area contributed by atoms with Gasteiger partial charge in [0.05, 0.1) is 33.3 Å². The molecule has 0 unspecified atom stereocenters. The summed E-state index contributed by atoms with van der Waals surface area (Å²) < 4.78 is 6.88. The van der Waals surface area contributed by atoms with Gasteiger partial charge in [-0.15, -0.1) is 0 Å². The van der Waals surface area contributed by atoms with Gasteiger partial charge in [0, 0.05) is 37.6 Å². The first-order valence-corrected chi connectivity index (χ1v) is 30.0. The van der Waals surface area contributed by atoms with Crippen LogP contribution in [0.2, 0.25) is 0 Å². The van der Waals surface area contributed by atoms with Crippen LogP contribution in [0.1, 0.15) is 66.8 Å². The van der Waals surface area contributed by atoms with Crippen molar-refractivity contribution >= 4 is 28.8 Å². The van der Waals surface area contributed by atoms with E-state index in [9.17, 15) is 0 Å². The largest absolute Gasteiger partial charge is 0.457 e. The lowest BCUT2D eigenvalue weighted by Crippen LogP contribution is -2.32. The molecule has 2 nitrogen and oxygen atoms in total. The van der Waals surface area contributed by atoms with Crippen LogP contribution in [0.4, 0.5) is 17.1 Å². The Bertz CT molecular complexity index is 4560. The van der Waals surface area contributed by atoms with Crippen LogP contribution < -0.4 is 9.64 Å². The van der Waals surface area contributed by atoms with Crippen molar-refractivity contribution in [1.29, 1.82) is 0 Å². The number of anilines is 3. The van der Waals surface area contributed by atoms with Crippen molar-refractivity contribution in [2.45, 2.75) is 26.0 Å². The molecule has 0 amide bonds. The number of benzene rings is 13. The van der Waals surface area contributed by atoms with Crippen molar-refractivity contribution in [3.8, 4) is 56.0 Å². The van der Waals surface area contributed by atoms with E-state index in [2.05, 4.69) is 314 Å². The van der Waals surface area contributed by atoms with Crippen LogP contribution in [0.25, 0.3) is 44.5 Å². The molecule has 2 spiro atoms. The zero-order chi connectivity index (χ0) is 55.1. The lowest BCUT2D eigenvalue weighted by Gasteiger charge is -2.40. The van der Waals surface area contributed by atoms with Crippen molar-refractivity contribution in [2.75, 3.05) is 4.90 Å². The van der Waals surface area contributed by atoms with Crippen LogP contribution in [0.5, 0.6) is 11.5 Å². The van der Waals surface area contributed by atoms with Gasteiger partial charge < -0.3 is 9.64 Å². The predicted octanol–water partition coefficient (Wildman–Crippen LogP) is 20.5. The molecule has 0 N–H and O–H groups in total. The number of fused-ring (bicyclic) bond motifs is 21. The summed E-state index contributed by atoms with van der Waals surface area (Å²) in [6, 6.07) is 116. The Morgan fingerprint density at radius 3 is 1.18 bits per heavy atom. The highest BCUT2D eigenvalue weighted by Gasteiger charge is 2.54. The van der Waals surface area contributed by atoms with Gasteiger partial charge in [0.2, 0.25) is 0 Å². The van der Waals surface area contributed by atoms with Gasteiger partial charge in [-0.05, 0) is 132 Å². The average Bonchev–Trinajstić information content (AvgIpc) is 2.13. The molecule has 18 rings (SSSR count). The normalized spacial score (nSPS) is 14.8. The molecular weight excluding hydrogens is 1030 g/mol. The Morgan fingerprint density at radius 2 is 0.631 bits per heavy atom. The molecule has 0 saturated carbocycles. The summed E-state index contributed by atoms with van der Waals surface area (Å²) in [4.78, 5) is 5.22. The molecule has 13 aromatic carbocycles. The molecule has 2 aliphatic heterocycles. The summed E-state index contributed by atoms with van der Waals surface area (Å²) >= 11 is 1.89. The molecule has 84 heavy (non-hydrogen) atoms. The SMILES string of the molecule is c1ccc(C2(c3ccccc3)c3ccccc3-c3ccc(-c4ccccc4N(c4cccc5c4-c4ccccc4C54c5ccccc5Oc5ccccc54)c4cccc5c4-c4ccccc4C54c5ccccc5Sc5ccccc54)cc32)cc1. The molecule has 392 valence electrons. The summed E-state index contributed by atoms with van der Waals surface area (Å²) in [5.74, 6) is 1.75. The molecule has 5 aliphatic rings. The van der Waals surface area contributed by atoms with Gasteiger partial charge in [-0.1, -0.05) is 273 Å². The summed E-state index contributed by atoms with van der Waals surface area (Å²) in [6.07, 6.45) is 0. The fourth-order valence-corrected chi connectivity index (χ4v) is 17.2. The second-order valence-corrected chi connectivity index (χ2v) is 23.9. The first kappa shape index (κ1) is 47.4. The van der Waals surface area contributed by atoms with Gasteiger partial charge in [0.25, 0.3) is 0 Å². The third-order valence-corrected chi connectivity index (χ3v) is 20.2. The van der Waals surface area contributed by atoms with E-state index in [4.69, 9.17) is 4.74 Å². The number of hydrogen-bond donors (Lipinski definition) is 0. The summed E-state index contributed by atoms with van der Waals surface area (Å²) in [5, 5.41) is 0. The molecular formula is C81H51NOS. The fraction of sp³-hybridized carbons (Fsp3) is 0.0370. The third kappa shape index (κ3) is 6.11. The molecule has 0 radical (unpaired) electrons. The Kier molecular flexibility index (Phi) is 10.1. The maximum absolute atomic E-state index is 6.88. The monoisotopic (exact) mass is 1090 g/mol. The zero-order valence-electron chi connectivity index (χ0n) is 45.7. The van der Waals surface area contributed by atoms with Crippen LogP contribution in [0.3, 0.4) is 0 Å². The predicted molar refractivity (Wildman–Crippen MR) is 343 cm³/mol. The van der Waals surface area contributed by atoms with E-state index in [1.807, 2.05) is 11.8 Å². The van der Waals surface area contributed by atoms with E-state index in [1.165, 1.54) is 98.8 Å². The van der Waals surface area contributed by atoms with Crippen molar-refractivity contribution in [3.05, 3.63) is 376 Å². The topological polar surface area (TPSA) is 12.5 Å². The van der Waals surface area contributed by atoms with Crippen LogP contribution in [-0.4, -0.2) is 0 Å². The highest BCUT2D eigenvalue weighted by Crippen LogP contribution is 2.68. The van der Waals surface area contributed by atoms with Gasteiger partial charge in [-0.2, -0.15) is 0 Å². The minimum absolute atomic E-state index is 0.573. The zero-order valence-corrected chi connectivity index (χ0v) is 46.5. The Hall–Kier alpha value is -10.2. The highest BCUT2D eigenvalue weighted by molar-refractivity contribution is 7.99. The molecule has 2 heterocycles. The molecule has 0 bridgehead atoms.